The molecule has 0 atom stereocenters. The molecule has 0 unspecified atom stereocenters. The van der Waals surface area contributed by atoms with E-state index in [0.717, 1.165) is 23.2 Å². The van der Waals surface area contributed by atoms with E-state index >= 15 is 0 Å². The van der Waals surface area contributed by atoms with E-state index in [4.69, 9.17) is 0 Å². The van der Waals surface area contributed by atoms with E-state index in [1.165, 1.54) is 4.90 Å². The molecular formula is C18H21NO2Si. The molecule has 22 heavy (non-hydrogen) atoms. The van der Waals surface area contributed by atoms with Gasteiger partial charge in [-0.05, 0) is 23.9 Å². The molecule has 0 radical (unpaired) electrons. The second kappa shape index (κ2) is 5.36. The van der Waals surface area contributed by atoms with Gasteiger partial charge in [-0.25, -0.2) is 0 Å². The van der Waals surface area contributed by atoms with Crippen molar-refractivity contribution >= 4 is 30.7 Å². The van der Waals surface area contributed by atoms with E-state index in [9.17, 15) is 9.59 Å². The van der Waals surface area contributed by atoms with E-state index < -0.39 is 8.07 Å². The zero-order chi connectivity index (χ0) is 15.9. The number of hydrogen-bond donors (Lipinski definition) is 0. The van der Waals surface area contributed by atoms with Crippen molar-refractivity contribution in [1.29, 1.82) is 0 Å². The number of benzene rings is 2. The maximum atomic E-state index is 12.7. The van der Waals surface area contributed by atoms with Crippen molar-refractivity contribution in [2.45, 2.75) is 32.1 Å². The molecule has 0 bridgehead atoms. The Kier molecular flexibility index (Phi) is 3.65. The Morgan fingerprint density at radius 2 is 1.45 bits per heavy atom. The van der Waals surface area contributed by atoms with Gasteiger partial charge in [0.15, 0.2) is 0 Å². The van der Waals surface area contributed by atoms with Gasteiger partial charge in [0.1, 0.15) is 0 Å². The predicted molar refractivity (Wildman–Crippen MR) is 92.1 cm³/mol. The molecule has 4 heteroatoms. The minimum absolute atomic E-state index is 0.148. The Labute approximate surface area is 131 Å². The molecule has 0 fully saturated rings. The lowest BCUT2D eigenvalue weighted by Crippen LogP contribution is -2.41. The number of nitrogens with zero attached hydrogens (tertiary/aromatic N) is 1. The smallest absolute Gasteiger partial charge is 0.261 e. The zero-order valence-corrected chi connectivity index (χ0v) is 14.3. The molecule has 1 heterocycles. The van der Waals surface area contributed by atoms with Crippen LogP contribution >= 0.6 is 0 Å². The van der Waals surface area contributed by atoms with E-state index in [0.29, 0.717) is 17.7 Å². The zero-order valence-electron chi connectivity index (χ0n) is 13.3. The summed E-state index contributed by atoms with van der Waals surface area (Å²) >= 11 is 0. The fraction of sp³-hybridized carbons (Fsp3) is 0.333. The molecule has 0 aliphatic carbocycles. The van der Waals surface area contributed by atoms with E-state index in [1.807, 2.05) is 36.4 Å². The van der Waals surface area contributed by atoms with Gasteiger partial charge in [0.2, 0.25) is 0 Å². The Morgan fingerprint density at radius 1 is 0.909 bits per heavy atom. The maximum absolute atomic E-state index is 12.7. The van der Waals surface area contributed by atoms with E-state index in [2.05, 4.69) is 19.6 Å². The summed E-state index contributed by atoms with van der Waals surface area (Å²) in [7, 11) is -1.16. The molecule has 1 aliphatic heterocycles. The third-order valence-electron chi connectivity index (χ3n) is 4.16. The topological polar surface area (TPSA) is 37.4 Å². The summed E-state index contributed by atoms with van der Waals surface area (Å²) in [4.78, 5) is 26.8. The Balaban J connectivity index is 1.94. The summed E-state index contributed by atoms with van der Waals surface area (Å²) in [6.07, 6.45) is 0.894. The van der Waals surface area contributed by atoms with Crippen molar-refractivity contribution in [3.63, 3.8) is 0 Å². The maximum Gasteiger partial charge on any atom is 0.261 e. The van der Waals surface area contributed by atoms with Crippen LogP contribution in [0.15, 0.2) is 36.4 Å². The van der Waals surface area contributed by atoms with Crippen LogP contribution in [0.4, 0.5) is 0 Å². The normalized spacial score (nSPS) is 14.8. The Bertz CT molecular complexity index is 711. The van der Waals surface area contributed by atoms with Gasteiger partial charge in [-0.3, -0.25) is 14.5 Å². The largest absolute Gasteiger partial charge is 0.274 e. The highest BCUT2D eigenvalue weighted by atomic mass is 28.3. The molecule has 3 rings (SSSR count). The quantitative estimate of drug-likeness (QED) is 0.628. The number of rotatable bonds is 4. The molecule has 0 N–H and O–H groups in total. The molecule has 0 saturated heterocycles. The molecule has 3 nitrogen and oxygen atoms in total. The van der Waals surface area contributed by atoms with Crippen LogP contribution in [0.5, 0.6) is 0 Å². The van der Waals surface area contributed by atoms with Gasteiger partial charge in [0.25, 0.3) is 11.8 Å². The second-order valence-electron chi connectivity index (χ2n) is 7.14. The van der Waals surface area contributed by atoms with Crippen molar-refractivity contribution < 1.29 is 9.59 Å². The van der Waals surface area contributed by atoms with Crippen molar-refractivity contribution in [3.8, 4) is 0 Å². The first-order chi connectivity index (χ1) is 10.4. The Morgan fingerprint density at radius 3 is 1.95 bits per heavy atom. The lowest BCUT2D eigenvalue weighted by Gasteiger charge is -2.28. The van der Waals surface area contributed by atoms with E-state index in [-0.39, 0.29) is 11.8 Å². The molecular weight excluding hydrogens is 290 g/mol. The minimum atomic E-state index is -1.16. The molecule has 2 aromatic rings. The highest BCUT2D eigenvalue weighted by Crippen LogP contribution is 2.30. The summed E-state index contributed by atoms with van der Waals surface area (Å²) in [6, 6.07) is 12.4. The highest BCUT2D eigenvalue weighted by molar-refractivity contribution is 6.76. The van der Waals surface area contributed by atoms with Crippen molar-refractivity contribution in [3.05, 3.63) is 47.5 Å². The van der Waals surface area contributed by atoms with Crippen LogP contribution in [0.1, 0.15) is 27.1 Å². The van der Waals surface area contributed by atoms with Crippen LogP contribution in [0, 0.1) is 0 Å². The number of carbonyl (C=O) groups is 2. The van der Waals surface area contributed by atoms with Gasteiger partial charge in [-0.1, -0.05) is 50.0 Å². The summed E-state index contributed by atoms with van der Waals surface area (Å²) in [5.74, 6) is -0.297. The molecule has 0 saturated carbocycles. The van der Waals surface area contributed by atoms with Crippen LogP contribution in [-0.2, 0) is 0 Å². The molecule has 2 amide bonds. The van der Waals surface area contributed by atoms with Gasteiger partial charge in [-0.2, -0.15) is 0 Å². The first-order valence-corrected chi connectivity index (χ1v) is 11.5. The summed E-state index contributed by atoms with van der Waals surface area (Å²) in [5, 5.41) is 1.76. The van der Waals surface area contributed by atoms with Crippen molar-refractivity contribution in [2.75, 3.05) is 6.54 Å². The standard InChI is InChI=1S/C18H21NO2Si/c1-22(2,3)12-6-11-19-17(20)14-9-4-7-13-8-5-10-15(16(13)14)18(19)21/h4-5,7-10H,6,11-12H2,1-3H3. The van der Waals surface area contributed by atoms with Gasteiger partial charge in [0, 0.05) is 31.1 Å². The van der Waals surface area contributed by atoms with Gasteiger partial charge in [0.05, 0.1) is 0 Å². The van der Waals surface area contributed by atoms with Gasteiger partial charge in [-0.15, -0.1) is 0 Å². The number of hydrogen-bond acceptors (Lipinski definition) is 2. The average Bonchev–Trinajstić information content (AvgIpc) is 2.47. The first kappa shape index (κ1) is 15.0. The van der Waals surface area contributed by atoms with Crippen LogP contribution < -0.4 is 0 Å². The van der Waals surface area contributed by atoms with E-state index in [1.54, 1.807) is 0 Å². The van der Waals surface area contributed by atoms with Crippen molar-refractivity contribution in [1.82, 2.24) is 4.90 Å². The van der Waals surface area contributed by atoms with Crippen LogP contribution in [0.3, 0.4) is 0 Å². The van der Waals surface area contributed by atoms with Crippen LogP contribution in [-0.4, -0.2) is 31.3 Å². The number of imide groups is 1. The molecule has 114 valence electrons. The summed E-state index contributed by atoms with van der Waals surface area (Å²) in [5.41, 5.74) is 1.31. The van der Waals surface area contributed by atoms with Gasteiger partial charge >= 0.3 is 0 Å². The molecule has 0 aromatic heterocycles. The summed E-state index contributed by atoms with van der Waals surface area (Å²) in [6.45, 7) is 7.45. The molecule has 1 aliphatic rings. The van der Waals surface area contributed by atoms with Gasteiger partial charge < -0.3 is 0 Å². The third-order valence-corrected chi connectivity index (χ3v) is 6.02. The SMILES string of the molecule is C[Si](C)(C)CCCN1C(=O)c2cccc3cccc(c23)C1=O. The van der Waals surface area contributed by atoms with Crippen LogP contribution in [0.25, 0.3) is 10.8 Å². The van der Waals surface area contributed by atoms with Crippen molar-refractivity contribution in [2.24, 2.45) is 0 Å². The predicted octanol–water partition coefficient (Wildman–Crippen LogP) is 4.16. The monoisotopic (exact) mass is 311 g/mol. The number of carbonyl (C=O) groups excluding carboxylic acids is 2. The fourth-order valence-electron chi connectivity index (χ4n) is 3.05. The lowest BCUT2D eigenvalue weighted by molar-refractivity contribution is 0.0610. The molecule has 2 aromatic carbocycles. The van der Waals surface area contributed by atoms with Crippen LogP contribution in [0.2, 0.25) is 25.7 Å². The second-order valence-corrected chi connectivity index (χ2v) is 12.8. The molecule has 0 spiro atoms. The highest BCUT2D eigenvalue weighted by Gasteiger charge is 2.32. The fourth-order valence-corrected chi connectivity index (χ4v) is 4.27. The average molecular weight is 311 g/mol. The Hall–Kier alpha value is -1.94. The minimum Gasteiger partial charge on any atom is -0.274 e. The first-order valence-electron chi connectivity index (χ1n) is 7.76. The summed E-state index contributed by atoms with van der Waals surface area (Å²) < 4.78 is 0. The number of amides is 2. The third kappa shape index (κ3) is 2.59. The lowest BCUT2D eigenvalue weighted by atomic mass is 9.94.